The van der Waals surface area contributed by atoms with E-state index in [0.29, 0.717) is 43.4 Å². The first-order valence-corrected chi connectivity index (χ1v) is 10.8. The monoisotopic (exact) mass is 465 g/mol. The highest BCUT2D eigenvalue weighted by Gasteiger charge is 2.15. The molecule has 0 unspecified atom stereocenters. The lowest BCUT2D eigenvalue weighted by atomic mass is 10.2. The van der Waals surface area contributed by atoms with Crippen molar-refractivity contribution in [2.75, 3.05) is 14.2 Å². The van der Waals surface area contributed by atoms with Gasteiger partial charge in [0.15, 0.2) is 17.3 Å². The lowest BCUT2D eigenvalue weighted by Crippen LogP contribution is -2.23. The zero-order valence-corrected chi connectivity index (χ0v) is 18.6. The van der Waals surface area contributed by atoms with Crippen molar-refractivity contribution in [1.29, 1.82) is 0 Å². The maximum atomic E-state index is 12.9. The molecule has 0 aliphatic heterocycles. The van der Waals surface area contributed by atoms with Crippen LogP contribution in [-0.4, -0.2) is 28.8 Å². The maximum Gasteiger partial charge on any atom is 0.291 e. The minimum Gasteiger partial charge on any atom is -0.493 e. The number of furan rings is 1. The van der Waals surface area contributed by atoms with Crippen molar-refractivity contribution < 1.29 is 13.9 Å². The Morgan fingerprint density at radius 1 is 1.06 bits per heavy atom. The number of thiazole rings is 1. The van der Waals surface area contributed by atoms with Crippen LogP contribution in [0.1, 0.15) is 5.76 Å². The average Bonchev–Trinajstić information content (AvgIpc) is 3.51. The fraction of sp³-hybridized carbons (Fsp3) is 0.0870. The van der Waals surface area contributed by atoms with Gasteiger partial charge >= 0.3 is 0 Å². The molecule has 0 atom stereocenters. The number of hydrogen-bond acceptors (Lipinski definition) is 7. The molecule has 0 N–H and O–H groups in total. The standard InChI is InChI=1S/C23H16ClN3O4S/c1-29-18-9-7-13(11-19(18)30-2)21-25-23-27(26-21)22(28)20(32-23)12-14-8-10-17(31-14)15-5-3-4-6-16(15)24/h3-12H,1-2H3/b20-12-. The second kappa shape index (κ2) is 8.14. The summed E-state index contributed by atoms with van der Waals surface area (Å²) < 4.78 is 18.2. The molecule has 0 aliphatic rings. The van der Waals surface area contributed by atoms with Crippen LogP contribution in [-0.2, 0) is 0 Å². The average molecular weight is 466 g/mol. The fourth-order valence-electron chi connectivity index (χ4n) is 3.30. The molecule has 0 saturated heterocycles. The summed E-state index contributed by atoms with van der Waals surface area (Å²) in [6.45, 7) is 0. The van der Waals surface area contributed by atoms with E-state index in [4.69, 9.17) is 25.5 Å². The summed E-state index contributed by atoms with van der Waals surface area (Å²) in [5.41, 5.74) is 1.25. The normalized spacial score (nSPS) is 11.9. The molecule has 2 aromatic carbocycles. The summed E-state index contributed by atoms with van der Waals surface area (Å²) in [6, 6.07) is 16.4. The minimum absolute atomic E-state index is 0.264. The Bertz CT molecular complexity index is 1550. The highest BCUT2D eigenvalue weighted by molar-refractivity contribution is 7.15. The lowest BCUT2D eigenvalue weighted by Gasteiger charge is -2.07. The number of hydrogen-bond donors (Lipinski definition) is 0. The van der Waals surface area contributed by atoms with Crippen LogP contribution < -0.4 is 19.6 Å². The van der Waals surface area contributed by atoms with Gasteiger partial charge in [-0.3, -0.25) is 4.79 Å². The summed E-state index contributed by atoms with van der Waals surface area (Å²) in [6.07, 6.45) is 1.68. The van der Waals surface area contributed by atoms with Crippen molar-refractivity contribution in [2.45, 2.75) is 0 Å². The van der Waals surface area contributed by atoms with Crippen LogP contribution in [0, 0.1) is 0 Å². The quantitative estimate of drug-likeness (QED) is 0.385. The number of nitrogens with zero attached hydrogens (tertiary/aromatic N) is 3. The van der Waals surface area contributed by atoms with Gasteiger partial charge in [0, 0.05) is 17.2 Å². The molecule has 5 rings (SSSR count). The Morgan fingerprint density at radius 3 is 2.62 bits per heavy atom. The molecule has 0 saturated carbocycles. The Balaban J connectivity index is 1.51. The van der Waals surface area contributed by atoms with E-state index in [9.17, 15) is 4.79 Å². The van der Waals surface area contributed by atoms with Gasteiger partial charge in [-0.25, -0.2) is 0 Å². The van der Waals surface area contributed by atoms with Gasteiger partial charge in [-0.15, -0.1) is 5.10 Å². The topological polar surface area (TPSA) is 78.9 Å². The second-order valence-corrected chi connectivity index (χ2v) is 8.21. The van der Waals surface area contributed by atoms with Crippen molar-refractivity contribution in [3.05, 3.63) is 80.3 Å². The smallest absolute Gasteiger partial charge is 0.291 e. The first-order chi connectivity index (χ1) is 15.6. The second-order valence-electron chi connectivity index (χ2n) is 6.80. The van der Waals surface area contributed by atoms with Crippen molar-refractivity contribution in [2.24, 2.45) is 0 Å². The number of benzene rings is 2. The molecule has 5 aromatic rings. The van der Waals surface area contributed by atoms with Gasteiger partial charge in [0.25, 0.3) is 5.56 Å². The first kappa shape index (κ1) is 20.3. The van der Waals surface area contributed by atoms with E-state index in [1.54, 1.807) is 44.6 Å². The highest BCUT2D eigenvalue weighted by Crippen LogP contribution is 2.31. The molecule has 0 aliphatic carbocycles. The Kier molecular flexibility index (Phi) is 5.16. The van der Waals surface area contributed by atoms with Crippen LogP contribution >= 0.6 is 22.9 Å². The largest absolute Gasteiger partial charge is 0.493 e. The summed E-state index contributed by atoms with van der Waals surface area (Å²) in [4.78, 5) is 17.9. The van der Waals surface area contributed by atoms with Crippen molar-refractivity contribution in [3.8, 4) is 34.2 Å². The van der Waals surface area contributed by atoms with Crippen LogP contribution in [0.2, 0.25) is 5.02 Å². The van der Waals surface area contributed by atoms with Crippen LogP contribution in [0.5, 0.6) is 11.5 Å². The van der Waals surface area contributed by atoms with Gasteiger partial charge in [-0.05, 0) is 42.5 Å². The molecule has 32 heavy (non-hydrogen) atoms. The third-order valence-electron chi connectivity index (χ3n) is 4.86. The highest BCUT2D eigenvalue weighted by atomic mass is 35.5. The van der Waals surface area contributed by atoms with Crippen LogP contribution in [0.3, 0.4) is 0 Å². The zero-order valence-electron chi connectivity index (χ0n) is 17.0. The predicted octanol–water partition coefficient (Wildman–Crippen LogP) is 4.30. The zero-order chi connectivity index (χ0) is 22.2. The number of fused-ring (bicyclic) bond motifs is 1. The van der Waals surface area contributed by atoms with Crippen molar-refractivity contribution in [3.63, 3.8) is 0 Å². The molecule has 3 heterocycles. The number of rotatable bonds is 5. The van der Waals surface area contributed by atoms with Crippen molar-refractivity contribution >= 4 is 34.0 Å². The molecule has 9 heteroatoms. The molecular formula is C23H16ClN3O4S. The summed E-state index contributed by atoms with van der Waals surface area (Å²) in [5, 5.41) is 4.98. The Labute approximate surface area is 191 Å². The van der Waals surface area contributed by atoms with Crippen LogP contribution in [0.25, 0.3) is 33.7 Å². The van der Waals surface area contributed by atoms with E-state index in [1.165, 1.54) is 15.9 Å². The number of aromatic nitrogens is 3. The molecule has 0 radical (unpaired) electrons. The molecule has 7 nitrogen and oxygen atoms in total. The van der Waals surface area contributed by atoms with E-state index < -0.39 is 0 Å². The molecule has 3 aromatic heterocycles. The molecular weight excluding hydrogens is 450 g/mol. The van der Waals surface area contributed by atoms with Gasteiger partial charge in [0.1, 0.15) is 16.1 Å². The van der Waals surface area contributed by atoms with Gasteiger partial charge in [-0.2, -0.15) is 9.50 Å². The van der Waals surface area contributed by atoms with Gasteiger partial charge in [0.2, 0.25) is 4.96 Å². The minimum atomic E-state index is -0.264. The van der Waals surface area contributed by atoms with E-state index in [2.05, 4.69) is 10.1 Å². The SMILES string of the molecule is COc1ccc(-c2nc3s/c(=C\c4ccc(-c5ccccc5Cl)o4)c(=O)n3n2)cc1OC. The maximum absolute atomic E-state index is 12.9. The third kappa shape index (κ3) is 3.53. The molecule has 0 amide bonds. The first-order valence-electron chi connectivity index (χ1n) is 9.56. The Hall–Kier alpha value is -3.62. The molecule has 0 spiro atoms. The number of methoxy groups -OCH3 is 2. The van der Waals surface area contributed by atoms with Gasteiger partial charge < -0.3 is 13.9 Å². The van der Waals surface area contributed by atoms with Crippen LogP contribution in [0.15, 0.2) is 63.8 Å². The van der Waals surface area contributed by atoms with E-state index >= 15 is 0 Å². The number of halogens is 1. The van der Waals surface area contributed by atoms with E-state index in [1.807, 2.05) is 30.3 Å². The van der Waals surface area contributed by atoms with Gasteiger partial charge in [0.05, 0.1) is 19.2 Å². The van der Waals surface area contributed by atoms with Crippen molar-refractivity contribution in [1.82, 2.24) is 14.6 Å². The van der Waals surface area contributed by atoms with E-state index in [-0.39, 0.29) is 5.56 Å². The molecule has 0 bridgehead atoms. The third-order valence-corrected chi connectivity index (χ3v) is 6.15. The molecule has 0 fully saturated rings. The number of ether oxygens (including phenoxy) is 2. The van der Waals surface area contributed by atoms with E-state index in [0.717, 1.165) is 11.1 Å². The lowest BCUT2D eigenvalue weighted by molar-refractivity contribution is 0.355. The summed E-state index contributed by atoms with van der Waals surface area (Å²) in [7, 11) is 3.13. The fourth-order valence-corrected chi connectivity index (χ4v) is 4.41. The van der Waals surface area contributed by atoms with Gasteiger partial charge in [-0.1, -0.05) is 35.1 Å². The summed E-state index contributed by atoms with van der Waals surface area (Å²) in [5.74, 6) is 2.77. The predicted molar refractivity (Wildman–Crippen MR) is 124 cm³/mol. The molecule has 160 valence electrons. The Morgan fingerprint density at radius 2 is 1.88 bits per heavy atom. The summed E-state index contributed by atoms with van der Waals surface area (Å²) >= 11 is 7.48. The van der Waals surface area contributed by atoms with Crippen LogP contribution in [0.4, 0.5) is 0 Å².